The number of halogens is 2. The molecule has 1 heterocycles. The topological polar surface area (TPSA) is 40.6 Å². The van der Waals surface area contributed by atoms with Crippen molar-refractivity contribution in [1.29, 1.82) is 0 Å². The number of carbonyl (C=O) groups excluding carboxylic acids is 2. The molecule has 0 spiro atoms. The average molecular weight is 347 g/mol. The maximum atomic E-state index is 13.9. The van der Waals surface area contributed by atoms with Gasteiger partial charge in [0.1, 0.15) is 5.82 Å². The lowest BCUT2D eigenvalue weighted by atomic mass is 10.1. The summed E-state index contributed by atoms with van der Waals surface area (Å²) in [6.45, 7) is 1.60. The van der Waals surface area contributed by atoms with Crippen LogP contribution in [0, 0.1) is 5.82 Å². The molecule has 6 heteroatoms. The number of hydrogen-bond donors (Lipinski definition) is 0. The van der Waals surface area contributed by atoms with Gasteiger partial charge in [0.15, 0.2) is 0 Å². The summed E-state index contributed by atoms with van der Waals surface area (Å²) in [4.78, 5) is 28.1. The first-order chi connectivity index (χ1) is 11.6. The normalized spacial score (nSPS) is 14.6. The van der Waals surface area contributed by atoms with Gasteiger partial charge in [-0.3, -0.25) is 9.59 Å². The van der Waals surface area contributed by atoms with Crippen LogP contribution in [0.1, 0.15) is 20.7 Å². The summed E-state index contributed by atoms with van der Waals surface area (Å²) in [7, 11) is 0. The summed E-state index contributed by atoms with van der Waals surface area (Å²) in [5.41, 5.74) is 0.628. The molecule has 1 saturated heterocycles. The molecule has 0 aromatic heterocycles. The molecule has 3 rings (SSSR count). The maximum absolute atomic E-state index is 13.9. The van der Waals surface area contributed by atoms with Crippen LogP contribution in [0.4, 0.5) is 4.39 Å². The van der Waals surface area contributed by atoms with Gasteiger partial charge >= 0.3 is 0 Å². The number of hydrogen-bond acceptors (Lipinski definition) is 2. The molecule has 2 aromatic carbocycles. The predicted molar refractivity (Wildman–Crippen MR) is 89.7 cm³/mol. The van der Waals surface area contributed by atoms with Gasteiger partial charge in [-0.1, -0.05) is 29.8 Å². The van der Waals surface area contributed by atoms with Crippen LogP contribution < -0.4 is 0 Å². The van der Waals surface area contributed by atoms with Gasteiger partial charge in [0.2, 0.25) is 0 Å². The van der Waals surface area contributed by atoms with E-state index in [-0.39, 0.29) is 22.4 Å². The lowest BCUT2D eigenvalue weighted by Crippen LogP contribution is -2.50. The first-order valence-corrected chi connectivity index (χ1v) is 8.03. The zero-order chi connectivity index (χ0) is 17.1. The molecule has 2 amide bonds. The van der Waals surface area contributed by atoms with E-state index in [2.05, 4.69) is 0 Å². The molecular formula is C18H16ClFN2O2. The second-order valence-corrected chi connectivity index (χ2v) is 6.01. The molecule has 1 aliphatic rings. The van der Waals surface area contributed by atoms with E-state index in [0.29, 0.717) is 31.7 Å². The van der Waals surface area contributed by atoms with Gasteiger partial charge in [-0.15, -0.1) is 0 Å². The first-order valence-electron chi connectivity index (χ1n) is 7.65. The smallest absolute Gasteiger partial charge is 0.256 e. The van der Waals surface area contributed by atoms with E-state index in [1.165, 1.54) is 12.1 Å². The number of piperazine rings is 1. The van der Waals surface area contributed by atoms with E-state index in [0.717, 1.165) is 6.07 Å². The standard InChI is InChI=1S/C18H16ClFN2O2/c19-14-6-7-15(16(20)12-14)18(24)22-10-8-21(9-11-22)17(23)13-4-2-1-3-5-13/h1-7,12H,8-11H2. The van der Waals surface area contributed by atoms with Gasteiger partial charge < -0.3 is 9.80 Å². The molecule has 124 valence electrons. The highest BCUT2D eigenvalue weighted by atomic mass is 35.5. The fourth-order valence-corrected chi connectivity index (χ4v) is 2.87. The van der Waals surface area contributed by atoms with E-state index in [1.807, 2.05) is 18.2 Å². The van der Waals surface area contributed by atoms with Crippen LogP contribution in [0.2, 0.25) is 5.02 Å². The molecular weight excluding hydrogens is 331 g/mol. The Bertz CT molecular complexity index is 759. The second kappa shape index (κ2) is 7.01. The Morgan fingerprint density at radius 3 is 2.04 bits per heavy atom. The van der Waals surface area contributed by atoms with Crippen molar-refractivity contribution in [2.24, 2.45) is 0 Å². The monoisotopic (exact) mass is 346 g/mol. The van der Waals surface area contributed by atoms with Crippen molar-refractivity contribution in [1.82, 2.24) is 9.80 Å². The quantitative estimate of drug-likeness (QED) is 0.838. The Kier molecular flexibility index (Phi) is 4.81. The zero-order valence-electron chi connectivity index (χ0n) is 12.9. The summed E-state index contributed by atoms with van der Waals surface area (Å²) in [6, 6.07) is 13.0. The van der Waals surface area contributed by atoms with Gasteiger partial charge in [0.05, 0.1) is 5.56 Å². The summed E-state index contributed by atoms with van der Waals surface area (Å²) < 4.78 is 13.9. The summed E-state index contributed by atoms with van der Waals surface area (Å²) >= 11 is 5.71. The van der Waals surface area contributed by atoms with Crippen LogP contribution in [0.5, 0.6) is 0 Å². The molecule has 24 heavy (non-hydrogen) atoms. The first kappa shape index (κ1) is 16.5. The summed E-state index contributed by atoms with van der Waals surface area (Å²) in [6.07, 6.45) is 0. The van der Waals surface area contributed by atoms with E-state index in [1.54, 1.807) is 21.9 Å². The van der Waals surface area contributed by atoms with Crippen molar-refractivity contribution in [2.75, 3.05) is 26.2 Å². The minimum Gasteiger partial charge on any atom is -0.335 e. The lowest BCUT2D eigenvalue weighted by Gasteiger charge is -2.35. The van der Waals surface area contributed by atoms with Crippen LogP contribution in [0.25, 0.3) is 0 Å². The Morgan fingerprint density at radius 1 is 0.875 bits per heavy atom. The van der Waals surface area contributed by atoms with Crippen molar-refractivity contribution in [3.05, 3.63) is 70.5 Å². The highest BCUT2D eigenvalue weighted by Crippen LogP contribution is 2.18. The highest BCUT2D eigenvalue weighted by molar-refractivity contribution is 6.30. The van der Waals surface area contributed by atoms with Crippen LogP contribution in [-0.2, 0) is 0 Å². The average Bonchev–Trinajstić information content (AvgIpc) is 2.61. The molecule has 0 aliphatic carbocycles. The minimum atomic E-state index is -0.629. The third-order valence-corrected chi connectivity index (χ3v) is 4.27. The van der Waals surface area contributed by atoms with E-state index in [4.69, 9.17) is 11.6 Å². The van der Waals surface area contributed by atoms with Crippen LogP contribution in [0.15, 0.2) is 48.5 Å². The third-order valence-electron chi connectivity index (χ3n) is 4.04. The number of amides is 2. The minimum absolute atomic E-state index is 0.00207. The third kappa shape index (κ3) is 3.41. The Hall–Kier alpha value is -2.40. The van der Waals surface area contributed by atoms with Crippen LogP contribution in [0.3, 0.4) is 0 Å². The molecule has 0 saturated carbocycles. The molecule has 0 bridgehead atoms. The number of carbonyl (C=O) groups is 2. The van der Waals surface area contributed by atoms with Gasteiger partial charge in [0.25, 0.3) is 11.8 Å². The zero-order valence-corrected chi connectivity index (χ0v) is 13.7. The fraction of sp³-hybridized carbons (Fsp3) is 0.222. The van der Waals surface area contributed by atoms with Crippen molar-refractivity contribution in [2.45, 2.75) is 0 Å². The highest BCUT2D eigenvalue weighted by Gasteiger charge is 2.26. The van der Waals surface area contributed by atoms with Crippen molar-refractivity contribution in [3.8, 4) is 0 Å². The van der Waals surface area contributed by atoms with Crippen LogP contribution >= 0.6 is 11.6 Å². The second-order valence-electron chi connectivity index (χ2n) is 5.57. The lowest BCUT2D eigenvalue weighted by molar-refractivity contribution is 0.0533. The van der Waals surface area contributed by atoms with E-state index < -0.39 is 5.82 Å². The fourth-order valence-electron chi connectivity index (χ4n) is 2.71. The largest absolute Gasteiger partial charge is 0.335 e. The van der Waals surface area contributed by atoms with Gasteiger partial charge in [0, 0.05) is 36.8 Å². The molecule has 1 aliphatic heterocycles. The maximum Gasteiger partial charge on any atom is 0.256 e. The Balaban J connectivity index is 1.64. The van der Waals surface area contributed by atoms with Crippen molar-refractivity contribution < 1.29 is 14.0 Å². The molecule has 1 fully saturated rings. The Labute approximate surface area is 144 Å². The number of rotatable bonds is 2. The molecule has 0 N–H and O–H groups in total. The van der Waals surface area contributed by atoms with Crippen molar-refractivity contribution >= 4 is 23.4 Å². The number of benzene rings is 2. The van der Waals surface area contributed by atoms with Crippen molar-refractivity contribution in [3.63, 3.8) is 0 Å². The van der Waals surface area contributed by atoms with Gasteiger partial charge in [-0.05, 0) is 30.3 Å². The SMILES string of the molecule is O=C(c1ccccc1)N1CCN(C(=O)c2ccc(Cl)cc2F)CC1. The van der Waals surface area contributed by atoms with Gasteiger partial charge in [-0.2, -0.15) is 0 Å². The predicted octanol–water partition coefficient (Wildman–Crippen LogP) is 3.08. The molecule has 2 aromatic rings. The molecule has 0 radical (unpaired) electrons. The van der Waals surface area contributed by atoms with Crippen LogP contribution in [-0.4, -0.2) is 47.8 Å². The van der Waals surface area contributed by atoms with E-state index >= 15 is 0 Å². The summed E-state index contributed by atoms with van der Waals surface area (Å²) in [5, 5.41) is 0.252. The summed E-state index contributed by atoms with van der Waals surface area (Å²) in [5.74, 6) is -1.06. The molecule has 4 nitrogen and oxygen atoms in total. The van der Waals surface area contributed by atoms with Gasteiger partial charge in [-0.25, -0.2) is 4.39 Å². The Morgan fingerprint density at radius 2 is 1.46 bits per heavy atom. The number of nitrogens with zero attached hydrogens (tertiary/aromatic N) is 2. The molecule has 0 unspecified atom stereocenters. The molecule has 0 atom stereocenters. The van der Waals surface area contributed by atoms with E-state index in [9.17, 15) is 14.0 Å².